The third kappa shape index (κ3) is 3.14. The van der Waals surface area contributed by atoms with Crippen molar-refractivity contribution < 1.29 is 19.7 Å². The van der Waals surface area contributed by atoms with Crippen LogP contribution in [0.4, 0.5) is 5.69 Å². The first-order chi connectivity index (χ1) is 10.6. The van der Waals surface area contributed by atoms with Gasteiger partial charge in [0.25, 0.3) is 0 Å². The molecule has 0 bridgehead atoms. The summed E-state index contributed by atoms with van der Waals surface area (Å²) in [6, 6.07) is 12.9. The Kier molecular flexibility index (Phi) is 3.87. The van der Waals surface area contributed by atoms with Crippen molar-refractivity contribution >= 4 is 11.7 Å². The summed E-state index contributed by atoms with van der Waals surface area (Å²) in [5, 5.41) is 22.1. The number of ether oxygens (including phenoxy) is 1. The number of hydrogen-bond acceptors (Lipinski definition) is 4. The van der Waals surface area contributed by atoms with E-state index in [0.717, 1.165) is 16.8 Å². The van der Waals surface area contributed by atoms with Gasteiger partial charge in [0.1, 0.15) is 6.61 Å². The number of carboxylic acid groups (broad SMARTS) is 1. The number of anilines is 1. The molecule has 114 valence electrons. The molecule has 3 rings (SSSR count). The lowest BCUT2D eigenvalue weighted by Crippen LogP contribution is -2.19. The molecule has 0 fully saturated rings. The zero-order chi connectivity index (χ0) is 15.5. The van der Waals surface area contributed by atoms with E-state index in [1.807, 2.05) is 30.3 Å². The molecule has 0 aliphatic carbocycles. The first kappa shape index (κ1) is 14.3. The highest BCUT2D eigenvalue weighted by molar-refractivity contribution is 5.71. The number of benzene rings is 2. The molecule has 0 saturated heterocycles. The average molecular weight is 299 g/mol. The quantitative estimate of drug-likeness (QED) is 0.740. The lowest BCUT2D eigenvalue weighted by atomic mass is 10.1. The van der Waals surface area contributed by atoms with Crippen LogP contribution in [-0.2, 0) is 17.8 Å². The number of rotatable bonds is 5. The molecule has 0 aromatic heterocycles. The molecule has 0 spiro atoms. The van der Waals surface area contributed by atoms with E-state index in [-0.39, 0.29) is 18.2 Å². The summed E-state index contributed by atoms with van der Waals surface area (Å²) in [7, 11) is 0. The Hall–Kier alpha value is -2.69. The highest BCUT2D eigenvalue weighted by atomic mass is 16.5. The predicted octanol–water partition coefficient (Wildman–Crippen LogP) is 2.78. The number of aromatic hydroxyl groups is 1. The molecule has 0 amide bonds. The van der Waals surface area contributed by atoms with Crippen LogP contribution in [0.2, 0.25) is 0 Å². The van der Waals surface area contributed by atoms with Gasteiger partial charge in [0.05, 0.1) is 6.42 Å². The lowest BCUT2D eigenvalue weighted by Gasteiger charge is -2.11. The van der Waals surface area contributed by atoms with Crippen LogP contribution in [0.15, 0.2) is 42.5 Å². The third-order valence-corrected chi connectivity index (χ3v) is 3.67. The van der Waals surface area contributed by atoms with Gasteiger partial charge in [-0.1, -0.05) is 30.3 Å². The molecule has 0 saturated carbocycles. The molecule has 2 aromatic rings. The van der Waals surface area contributed by atoms with Crippen LogP contribution in [0.25, 0.3) is 0 Å². The van der Waals surface area contributed by atoms with Gasteiger partial charge in [-0.2, -0.15) is 0 Å². The van der Waals surface area contributed by atoms with Gasteiger partial charge in [0.15, 0.2) is 11.5 Å². The van der Waals surface area contributed by atoms with Crippen molar-refractivity contribution in [1.82, 2.24) is 0 Å². The Balaban J connectivity index is 1.71. The second-order valence-electron chi connectivity index (χ2n) is 5.39. The number of aliphatic carboxylic acids is 1. The topological polar surface area (TPSA) is 78.8 Å². The highest BCUT2D eigenvalue weighted by Crippen LogP contribution is 2.37. The van der Waals surface area contributed by atoms with Crippen LogP contribution in [0.3, 0.4) is 0 Å². The molecular formula is C17H17NO4. The fourth-order valence-corrected chi connectivity index (χ4v) is 2.64. The molecule has 1 unspecified atom stereocenters. The van der Waals surface area contributed by atoms with E-state index in [0.29, 0.717) is 18.8 Å². The number of hydrogen-bond donors (Lipinski definition) is 3. The molecule has 5 nitrogen and oxygen atoms in total. The maximum absolute atomic E-state index is 10.8. The summed E-state index contributed by atoms with van der Waals surface area (Å²) in [4.78, 5) is 10.8. The molecule has 0 radical (unpaired) electrons. The number of phenolic OH excluding ortho intramolecular Hbond substituents is 1. The zero-order valence-electron chi connectivity index (χ0n) is 12.0. The van der Waals surface area contributed by atoms with Gasteiger partial charge in [-0.25, -0.2) is 0 Å². The van der Waals surface area contributed by atoms with E-state index < -0.39 is 5.97 Å². The Bertz CT molecular complexity index is 685. The number of carbonyl (C=O) groups is 1. The molecule has 5 heteroatoms. The molecule has 1 aliphatic rings. The van der Waals surface area contributed by atoms with Gasteiger partial charge in [-0.05, 0) is 23.6 Å². The van der Waals surface area contributed by atoms with Crippen LogP contribution in [0.1, 0.15) is 17.5 Å². The van der Waals surface area contributed by atoms with Crippen LogP contribution >= 0.6 is 0 Å². The van der Waals surface area contributed by atoms with Crippen molar-refractivity contribution in [3.8, 4) is 11.5 Å². The fourth-order valence-electron chi connectivity index (χ4n) is 2.64. The second kappa shape index (κ2) is 5.97. The Morgan fingerprint density at radius 1 is 1.27 bits per heavy atom. The van der Waals surface area contributed by atoms with Gasteiger partial charge < -0.3 is 20.3 Å². The Labute approximate surface area is 128 Å². The van der Waals surface area contributed by atoms with E-state index in [1.165, 1.54) is 0 Å². The van der Waals surface area contributed by atoms with Gasteiger partial charge in [0, 0.05) is 17.8 Å². The summed E-state index contributed by atoms with van der Waals surface area (Å²) in [5.41, 5.74) is 2.75. The summed E-state index contributed by atoms with van der Waals surface area (Å²) in [6.07, 6.45) is 0.643. The lowest BCUT2D eigenvalue weighted by molar-refractivity contribution is -0.137. The van der Waals surface area contributed by atoms with E-state index in [4.69, 9.17) is 9.84 Å². The molecule has 22 heavy (non-hydrogen) atoms. The van der Waals surface area contributed by atoms with Crippen LogP contribution < -0.4 is 10.1 Å². The van der Waals surface area contributed by atoms with Crippen LogP contribution in [0.5, 0.6) is 11.5 Å². The smallest absolute Gasteiger partial charge is 0.305 e. The largest absolute Gasteiger partial charge is 0.504 e. The first-order valence-corrected chi connectivity index (χ1v) is 7.13. The average Bonchev–Trinajstić information content (AvgIpc) is 2.86. The number of phenols is 1. The molecule has 1 heterocycles. The highest BCUT2D eigenvalue weighted by Gasteiger charge is 2.24. The predicted molar refractivity (Wildman–Crippen MR) is 82.2 cm³/mol. The van der Waals surface area contributed by atoms with Gasteiger partial charge in [-0.3, -0.25) is 4.79 Å². The maximum Gasteiger partial charge on any atom is 0.305 e. The summed E-state index contributed by atoms with van der Waals surface area (Å²) in [6.45, 7) is 0.367. The molecular weight excluding hydrogens is 282 g/mol. The molecule has 1 atom stereocenters. The Morgan fingerprint density at radius 2 is 2.05 bits per heavy atom. The van der Waals surface area contributed by atoms with Crippen molar-refractivity contribution in [2.24, 2.45) is 0 Å². The summed E-state index contributed by atoms with van der Waals surface area (Å²) >= 11 is 0. The standard InChI is InChI=1S/C17H17NO4/c19-15-7-12-6-13(8-17(20)21)18-14(12)9-16(15)22-10-11-4-2-1-3-5-11/h1-5,7,9,13,18-19H,6,8,10H2,(H,20,21). The van der Waals surface area contributed by atoms with Gasteiger partial charge in [0.2, 0.25) is 0 Å². The zero-order valence-corrected chi connectivity index (χ0v) is 12.0. The molecule has 1 aliphatic heterocycles. The number of nitrogens with one attached hydrogen (secondary N) is 1. The third-order valence-electron chi connectivity index (χ3n) is 3.67. The SMILES string of the molecule is O=C(O)CC1Cc2cc(O)c(OCc3ccccc3)cc2N1. The summed E-state index contributed by atoms with van der Waals surface area (Å²) in [5.74, 6) is -0.367. The van der Waals surface area contributed by atoms with E-state index in [2.05, 4.69) is 5.32 Å². The van der Waals surface area contributed by atoms with Crippen LogP contribution in [-0.4, -0.2) is 22.2 Å². The van der Waals surface area contributed by atoms with Crippen LogP contribution in [0, 0.1) is 0 Å². The number of fused-ring (bicyclic) bond motifs is 1. The monoisotopic (exact) mass is 299 g/mol. The van der Waals surface area contributed by atoms with Crippen molar-refractivity contribution in [3.05, 3.63) is 53.6 Å². The van der Waals surface area contributed by atoms with E-state index >= 15 is 0 Å². The van der Waals surface area contributed by atoms with Crippen molar-refractivity contribution in [3.63, 3.8) is 0 Å². The van der Waals surface area contributed by atoms with Gasteiger partial charge >= 0.3 is 5.97 Å². The fraction of sp³-hybridized carbons (Fsp3) is 0.235. The molecule has 2 aromatic carbocycles. The minimum atomic E-state index is -0.838. The van der Waals surface area contributed by atoms with Gasteiger partial charge in [-0.15, -0.1) is 0 Å². The summed E-state index contributed by atoms with van der Waals surface area (Å²) < 4.78 is 5.66. The van der Waals surface area contributed by atoms with E-state index in [1.54, 1.807) is 12.1 Å². The second-order valence-corrected chi connectivity index (χ2v) is 5.39. The Morgan fingerprint density at radius 3 is 2.77 bits per heavy atom. The van der Waals surface area contributed by atoms with Crippen molar-refractivity contribution in [2.45, 2.75) is 25.5 Å². The van der Waals surface area contributed by atoms with Crippen molar-refractivity contribution in [1.29, 1.82) is 0 Å². The minimum absolute atomic E-state index is 0.0512. The van der Waals surface area contributed by atoms with E-state index in [9.17, 15) is 9.90 Å². The first-order valence-electron chi connectivity index (χ1n) is 7.13. The number of carboxylic acids is 1. The maximum atomic E-state index is 10.8. The minimum Gasteiger partial charge on any atom is -0.504 e. The van der Waals surface area contributed by atoms with Crippen molar-refractivity contribution in [2.75, 3.05) is 5.32 Å². The molecule has 3 N–H and O–H groups in total. The normalized spacial score (nSPS) is 15.9.